The summed E-state index contributed by atoms with van der Waals surface area (Å²) >= 11 is 1.74. The number of aromatic nitrogens is 1. The molecule has 4 rings (SSSR count). The first-order valence-corrected chi connectivity index (χ1v) is 9.30. The lowest BCUT2D eigenvalue weighted by molar-refractivity contribution is 0.550. The Morgan fingerprint density at radius 3 is 2.80 bits per heavy atom. The van der Waals surface area contributed by atoms with Gasteiger partial charge in [-0.2, -0.15) is 5.10 Å². The first-order valence-electron chi connectivity index (χ1n) is 8.32. The lowest BCUT2D eigenvalue weighted by atomic mass is 10.1. The minimum atomic E-state index is 0.685. The summed E-state index contributed by atoms with van der Waals surface area (Å²) in [6, 6.07) is 16.6. The summed E-state index contributed by atoms with van der Waals surface area (Å²) in [6.07, 6.45) is 2.07. The van der Waals surface area contributed by atoms with Crippen molar-refractivity contribution in [2.45, 2.75) is 13.5 Å². The van der Waals surface area contributed by atoms with Crippen molar-refractivity contribution in [3.05, 3.63) is 71.4 Å². The molecule has 0 bridgehead atoms. The maximum absolute atomic E-state index is 4.79. The van der Waals surface area contributed by atoms with Gasteiger partial charge in [-0.3, -0.25) is 4.99 Å². The number of aryl methyl sites for hydroxylation is 1. The van der Waals surface area contributed by atoms with E-state index in [4.69, 9.17) is 10.1 Å². The van der Waals surface area contributed by atoms with Crippen LogP contribution in [0, 0.1) is 6.92 Å². The molecule has 0 spiro atoms. The van der Waals surface area contributed by atoms with Gasteiger partial charge in [-0.05, 0) is 24.1 Å². The second-order valence-corrected chi connectivity index (χ2v) is 7.09. The van der Waals surface area contributed by atoms with Crippen molar-refractivity contribution >= 4 is 33.5 Å². The molecule has 1 aliphatic rings. The average molecular weight is 348 g/mol. The number of thioether (sulfide) groups is 1. The summed E-state index contributed by atoms with van der Waals surface area (Å²) in [5.41, 5.74) is 5.92. The van der Waals surface area contributed by atoms with Crippen molar-refractivity contribution in [2.24, 2.45) is 10.1 Å². The molecule has 3 aromatic rings. The van der Waals surface area contributed by atoms with Gasteiger partial charge in [0, 0.05) is 35.5 Å². The smallest absolute Gasteiger partial charge is 0.180 e. The Kier molecular flexibility index (Phi) is 4.32. The molecule has 2 heterocycles. The van der Waals surface area contributed by atoms with Crippen molar-refractivity contribution in [1.82, 2.24) is 9.99 Å². The molecule has 1 aromatic heterocycles. The fourth-order valence-electron chi connectivity index (χ4n) is 3.10. The van der Waals surface area contributed by atoms with Gasteiger partial charge in [0.25, 0.3) is 0 Å². The van der Waals surface area contributed by atoms with Crippen LogP contribution in [0.3, 0.4) is 0 Å². The summed E-state index contributed by atoms with van der Waals surface area (Å²) in [5.74, 6) is 0.833. The van der Waals surface area contributed by atoms with Crippen LogP contribution >= 0.6 is 11.8 Å². The highest BCUT2D eigenvalue weighted by molar-refractivity contribution is 8.14. The minimum Gasteiger partial charge on any atom is -0.360 e. The molecule has 0 radical (unpaired) electrons. The Bertz CT molecular complexity index is 956. The van der Waals surface area contributed by atoms with Crippen LogP contribution in [0.15, 0.2) is 64.8 Å². The van der Waals surface area contributed by atoms with Gasteiger partial charge in [0.15, 0.2) is 5.17 Å². The molecular formula is C20H20N4S. The molecule has 0 aliphatic carbocycles. The van der Waals surface area contributed by atoms with Crippen molar-refractivity contribution in [3.63, 3.8) is 0 Å². The lowest BCUT2D eigenvalue weighted by Gasteiger charge is -2.22. The fraction of sp³-hybridized carbons (Fsp3) is 0.200. The van der Waals surface area contributed by atoms with Crippen LogP contribution < -0.4 is 0 Å². The standard InChI is InChI=1S/C20H20N4S/c1-14-7-6-10-17-19(14)16(12-21-17)18-13-25-20(24(2)23-18)22-11-15-8-4-3-5-9-15/h3-10,12,21H,11,13H2,1-2H3. The summed E-state index contributed by atoms with van der Waals surface area (Å²) < 4.78 is 0. The third-order valence-electron chi connectivity index (χ3n) is 4.35. The molecule has 1 aliphatic heterocycles. The lowest BCUT2D eigenvalue weighted by Crippen LogP contribution is -2.27. The predicted octanol–water partition coefficient (Wildman–Crippen LogP) is 4.42. The highest BCUT2D eigenvalue weighted by Crippen LogP contribution is 2.26. The number of benzene rings is 2. The number of hydrogen-bond donors (Lipinski definition) is 1. The zero-order chi connectivity index (χ0) is 17.2. The monoisotopic (exact) mass is 348 g/mol. The van der Waals surface area contributed by atoms with E-state index in [-0.39, 0.29) is 0 Å². The Balaban J connectivity index is 1.60. The van der Waals surface area contributed by atoms with E-state index in [1.54, 1.807) is 11.8 Å². The molecule has 0 saturated carbocycles. The SMILES string of the molecule is Cc1cccc2[nH]cc(C3=NN(C)C(=NCc4ccccc4)SC3)c12. The van der Waals surface area contributed by atoms with Crippen LogP contribution in [0.4, 0.5) is 0 Å². The second kappa shape index (κ2) is 6.76. The number of nitrogens with zero attached hydrogens (tertiary/aromatic N) is 3. The first-order chi connectivity index (χ1) is 12.2. The topological polar surface area (TPSA) is 43.8 Å². The van der Waals surface area contributed by atoms with E-state index in [0.717, 1.165) is 22.1 Å². The Morgan fingerprint density at radius 1 is 1.16 bits per heavy atom. The fourth-order valence-corrected chi connectivity index (χ4v) is 3.96. The van der Waals surface area contributed by atoms with Crippen LogP contribution in [0.1, 0.15) is 16.7 Å². The summed E-state index contributed by atoms with van der Waals surface area (Å²) in [5, 5.41) is 8.91. The number of nitrogens with one attached hydrogen (secondary N) is 1. The van der Waals surface area contributed by atoms with Gasteiger partial charge in [0.2, 0.25) is 0 Å². The number of aromatic amines is 1. The van der Waals surface area contributed by atoms with E-state index >= 15 is 0 Å². The molecule has 0 amide bonds. The van der Waals surface area contributed by atoms with Gasteiger partial charge >= 0.3 is 0 Å². The molecule has 1 N–H and O–H groups in total. The van der Waals surface area contributed by atoms with Gasteiger partial charge in [-0.1, -0.05) is 54.2 Å². The number of rotatable bonds is 3. The zero-order valence-electron chi connectivity index (χ0n) is 14.4. The Labute approximate surface area is 151 Å². The van der Waals surface area contributed by atoms with Gasteiger partial charge in [0.05, 0.1) is 12.3 Å². The highest BCUT2D eigenvalue weighted by Gasteiger charge is 2.20. The van der Waals surface area contributed by atoms with Gasteiger partial charge in [0.1, 0.15) is 0 Å². The zero-order valence-corrected chi connectivity index (χ0v) is 15.2. The average Bonchev–Trinajstić information content (AvgIpc) is 3.07. The van der Waals surface area contributed by atoms with Gasteiger partial charge in [-0.25, -0.2) is 5.01 Å². The molecule has 0 unspecified atom stereocenters. The van der Waals surface area contributed by atoms with Crippen molar-refractivity contribution in [1.29, 1.82) is 0 Å². The maximum atomic E-state index is 4.79. The van der Waals surface area contributed by atoms with Gasteiger partial charge in [-0.15, -0.1) is 0 Å². The number of hydrogen-bond acceptors (Lipinski definition) is 3. The van der Waals surface area contributed by atoms with Crippen LogP contribution in [-0.2, 0) is 6.54 Å². The normalized spacial score (nSPS) is 16.5. The molecule has 4 nitrogen and oxygen atoms in total. The van der Waals surface area contributed by atoms with Crippen LogP contribution in [0.5, 0.6) is 0 Å². The van der Waals surface area contributed by atoms with Crippen LogP contribution in [0.25, 0.3) is 10.9 Å². The third-order valence-corrected chi connectivity index (χ3v) is 5.42. The van der Waals surface area contributed by atoms with Crippen molar-refractivity contribution < 1.29 is 0 Å². The molecule has 5 heteroatoms. The third kappa shape index (κ3) is 3.20. The summed E-state index contributed by atoms with van der Waals surface area (Å²) in [4.78, 5) is 8.08. The Morgan fingerprint density at radius 2 is 2.00 bits per heavy atom. The van der Waals surface area contributed by atoms with E-state index in [1.165, 1.54) is 22.1 Å². The molecule has 2 aromatic carbocycles. The number of H-pyrrole nitrogens is 1. The first kappa shape index (κ1) is 16.0. The van der Waals surface area contributed by atoms with E-state index in [2.05, 4.69) is 48.4 Å². The largest absolute Gasteiger partial charge is 0.360 e. The van der Waals surface area contributed by atoms with E-state index < -0.39 is 0 Å². The Hall–Kier alpha value is -2.53. The minimum absolute atomic E-state index is 0.685. The number of amidine groups is 1. The summed E-state index contributed by atoms with van der Waals surface area (Å²) in [7, 11) is 1.97. The molecule has 0 fully saturated rings. The quantitative estimate of drug-likeness (QED) is 0.762. The molecular weight excluding hydrogens is 328 g/mol. The van der Waals surface area contributed by atoms with Crippen molar-refractivity contribution in [3.8, 4) is 0 Å². The molecule has 0 saturated heterocycles. The van der Waals surface area contributed by atoms with E-state index in [0.29, 0.717) is 6.54 Å². The predicted molar refractivity (Wildman–Crippen MR) is 107 cm³/mol. The number of hydrazone groups is 1. The molecule has 126 valence electrons. The molecule has 25 heavy (non-hydrogen) atoms. The highest BCUT2D eigenvalue weighted by atomic mass is 32.2. The van der Waals surface area contributed by atoms with Crippen LogP contribution in [-0.4, -0.2) is 33.7 Å². The number of aliphatic imine (C=N–C) groups is 1. The van der Waals surface area contributed by atoms with Gasteiger partial charge < -0.3 is 4.98 Å². The van der Waals surface area contributed by atoms with Crippen molar-refractivity contribution in [2.75, 3.05) is 12.8 Å². The maximum Gasteiger partial charge on any atom is 0.180 e. The van der Waals surface area contributed by atoms with E-state index in [9.17, 15) is 0 Å². The van der Waals surface area contributed by atoms with E-state index in [1.807, 2.05) is 30.3 Å². The number of fused-ring (bicyclic) bond motifs is 1. The van der Waals surface area contributed by atoms with Crippen LogP contribution in [0.2, 0.25) is 0 Å². The second-order valence-electron chi connectivity index (χ2n) is 6.14. The summed E-state index contributed by atoms with van der Waals surface area (Å²) in [6.45, 7) is 2.83. The molecule has 0 atom stereocenters.